The molecule has 0 aliphatic rings. The average Bonchev–Trinajstić information content (AvgIpc) is 2.27. The van der Waals surface area contributed by atoms with Gasteiger partial charge in [0.2, 0.25) is 0 Å². The van der Waals surface area contributed by atoms with E-state index in [4.69, 9.17) is 22.1 Å². The minimum absolute atomic E-state index is 0.299. The van der Waals surface area contributed by atoms with Gasteiger partial charge in [-0.15, -0.1) is 0 Å². The van der Waals surface area contributed by atoms with Gasteiger partial charge in [-0.25, -0.2) is 4.98 Å². The molecule has 0 amide bonds. The molecule has 4 nitrogen and oxygen atoms in total. The molecular weight excluding hydrogens is 226 g/mol. The van der Waals surface area contributed by atoms with Crippen LogP contribution in [0.2, 0.25) is 5.02 Å². The molecule has 0 aromatic carbocycles. The molecule has 2 rings (SSSR count). The molecule has 0 fully saturated rings. The summed E-state index contributed by atoms with van der Waals surface area (Å²) in [5, 5.41) is 0.478. The van der Waals surface area contributed by atoms with Crippen molar-refractivity contribution in [2.24, 2.45) is 0 Å². The molecule has 0 saturated carbocycles. The van der Waals surface area contributed by atoms with Crippen LogP contribution in [0, 0.1) is 6.92 Å². The monoisotopic (exact) mass is 235 g/mol. The fraction of sp³-hybridized carbons (Fsp3) is 0.0909. The van der Waals surface area contributed by atoms with Crippen molar-refractivity contribution < 1.29 is 4.74 Å². The van der Waals surface area contributed by atoms with E-state index >= 15 is 0 Å². The number of ether oxygens (including phenoxy) is 1. The number of hydrogen-bond acceptors (Lipinski definition) is 4. The Kier molecular flexibility index (Phi) is 2.92. The first kappa shape index (κ1) is 10.7. The topological polar surface area (TPSA) is 61.0 Å². The highest BCUT2D eigenvalue weighted by atomic mass is 35.5. The SMILES string of the molecule is Cc1ncccc1Oc1cc(Cl)cnc1N. The minimum atomic E-state index is 0.299. The molecule has 0 unspecified atom stereocenters. The number of nitrogen functional groups attached to an aromatic ring is 1. The third-order valence-electron chi connectivity index (χ3n) is 2.03. The fourth-order valence-electron chi connectivity index (χ4n) is 1.21. The van der Waals surface area contributed by atoms with E-state index in [1.165, 1.54) is 6.20 Å². The largest absolute Gasteiger partial charge is 0.452 e. The quantitative estimate of drug-likeness (QED) is 0.870. The zero-order valence-electron chi connectivity index (χ0n) is 8.64. The smallest absolute Gasteiger partial charge is 0.171 e. The molecule has 16 heavy (non-hydrogen) atoms. The Hall–Kier alpha value is -1.81. The van der Waals surface area contributed by atoms with Crippen LogP contribution in [0.3, 0.4) is 0 Å². The lowest BCUT2D eigenvalue weighted by molar-refractivity contribution is 0.476. The van der Waals surface area contributed by atoms with Gasteiger partial charge < -0.3 is 10.5 Å². The number of aryl methyl sites for hydroxylation is 1. The molecule has 0 aliphatic carbocycles. The van der Waals surface area contributed by atoms with Gasteiger partial charge in [-0.2, -0.15) is 0 Å². The second-order valence-corrected chi connectivity index (χ2v) is 3.66. The van der Waals surface area contributed by atoms with E-state index in [1.807, 2.05) is 13.0 Å². The van der Waals surface area contributed by atoms with E-state index in [0.29, 0.717) is 22.3 Å². The molecule has 2 aromatic rings. The van der Waals surface area contributed by atoms with Crippen LogP contribution in [0.15, 0.2) is 30.6 Å². The van der Waals surface area contributed by atoms with Crippen LogP contribution in [-0.2, 0) is 0 Å². The molecule has 5 heteroatoms. The van der Waals surface area contributed by atoms with Gasteiger partial charge in [0.15, 0.2) is 11.6 Å². The van der Waals surface area contributed by atoms with Gasteiger partial charge >= 0.3 is 0 Å². The Morgan fingerprint density at radius 2 is 2.12 bits per heavy atom. The third kappa shape index (κ3) is 2.23. The first-order valence-electron chi connectivity index (χ1n) is 4.67. The summed E-state index contributed by atoms with van der Waals surface area (Å²) in [7, 11) is 0. The number of halogens is 1. The van der Waals surface area contributed by atoms with E-state index < -0.39 is 0 Å². The zero-order valence-corrected chi connectivity index (χ0v) is 9.40. The molecule has 82 valence electrons. The summed E-state index contributed by atoms with van der Waals surface area (Å²) in [6.07, 6.45) is 3.17. The van der Waals surface area contributed by atoms with Crippen molar-refractivity contribution in [2.75, 3.05) is 5.73 Å². The third-order valence-corrected chi connectivity index (χ3v) is 2.23. The Labute approximate surface area is 98.0 Å². The second-order valence-electron chi connectivity index (χ2n) is 3.23. The highest BCUT2D eigenvalue weighted by molar-refractivity contribution is 6.30. The van der Waals surface area contributed by atoms with Crippen molar-refractivity contribution in [3.05, 3.63) is 41.3 Å². The standard InChI is InChI=1S/C11H10ClN3O/c1-7-9(3-2-4-14-7)16-10-5-8(12)6-15-11(10)13/h2-6H,1H3,(H2,13,15). The van der Waals surface area contributed by atoms with Crippen LogP contribution in [0.25, 0.3) is 0 Å². The number of nitrogens with zero attached hydrogens (tertiary/aromatic N) is 2. The van der Waals surface area contributed by atoms with Crippen molar-refractivity contribution in [2.45, 2.75) is 6.92 Å². The molecule has 2 N–H and O–H groups in total. The van der Waals surface area contributed by atoms with Crippen LogP contribution < -0.4 is 10.5 Å². The van der Waals surface area contributed by atoms with Gasteiger partial charge in [0, 0.05) is 18.5 Å². The highest BCUT2D eigenvalue weighted by Crippen LogP contribution is 2.29. The van der Waals surface area contributed by atoms with Crippen molar-refractivity contribution in [3.63, 3.8) is 0 Å². The Morgan fingerprint density at radius 1 is 1.31 bits per heavy atom. The normalized spacial score (nSPS) is 10.1. The Bertz CT molecular complexity index is 516. The summed E-state index contributed by atoms with van der Waals surface area (Å²) >= 11 is 5.81. The number of aromatic nitrogens is 2. The predicted octanol–water partition coefficient (Wildman–Crippen LogP) is 2.81. The summed E-state index contributed by atoms with van der Waals surface area (Å²) in [6.45, 7) is 1.85. The number of pyridine rings is 2. The predicted molar refractivity (Wildman–Crippen MR) is 62.7 cm³/mol. The van der Waals surface area contributed by atoms with Crippen molar-refractivity contribution in [1.29, 1.82) is 0 Å². The van der Waals surface area contributed by atoms with E-state index in [1.54, 1.807) is 18.3 Å². The summed E-state index contributed by atoms with van der Waals surface area (Å²) in [4.78, 5) is 8.01. The summed E-state index contributed by atoms with van der Waals surface area (Å²) in [5.41, 5.74) is 6.45. The summed E-state index contributed by atoms with van der Waals surface area (Å²) in [6, 6.07) is 5.22. The number of rotatable bonds is 2. The van der Waals surface area contributed by atoms with Gasteiger partial charge in [-0.3, -0.25) is 4.98 Å². The van der Waals surface area contributed by atoms with Gasteiger partial charge in [-0.05, 0) is 19.1 Å². The van der Waals surface area contributed by atoms with Crippen LogP contribution in [-0.4, -0.2) is 9.97 Å². The average molecular weight is 236 g/mol. The van der Waals surface area contributed by atoms with Crippen molar-refractivity contribution in [3.8, 4) is 11.5 Å². The Balaban J connectivity index is 2.34. The van der Waals surface area contributed by atoms with Gasteiger partial charge in [-0.1, -0.05) is 11.6 Å². The first-order valence-corrected chi connectivity index (χ1v) is 5.05. The Morgan fingerprint density at radius 3 is 2.88 bits per heavy atom. The summed E-state index contributed by atoms with van der Waals surface area (Å²) < 4.78 is 5.59. The van der Waals surface area contributed by atoms with Crippen LogP contribution in [0.1, 0.15) is 5.69 Å². The number of anilines is 1. The van der Waals surface area contributed by atoms with Crippen molar-refractivity contribution in [1.82, 2.24) is 9.97 Å². The lowest BCUT2D eigenvalue weighted by atomic mass is 10.3. The second kappa shape index (κ2) is 4.37. The zero-order chi connectivity index (χ0) is 11.5. The maximum absolute atomic E-state index is 5.81. The number of hydrogen-bond donors (Lipinski definition) is 1. The van der Waals surface area contributed by atoms with Gasteiger partial charge in [0.25, 0.3) is 0 Å². The lowest BCUT2D eigenvalue weighted by Crippen LogP contribution is -1.96. The molecule has 0 aliphatic heterocycles. The number of nitrogens with two attached hydrogens (primary N) is 1. The first-order chi connectivity index (χ1) is 7.66. The fourth-order valence-corrected chi connectivity index (χ4v) is 1.36. The highest BCUT2D eigenvalue weighted by Gasteiger charge is 2.06. The van der Waals surface area contributed by atoms with E-state index in [0.717, 1.165) is 5.69 Å². The molecular formula is C11H10ClN3O. The molecule has 0 bridgehead atoms. The molecule has 2 aromatic heterocycles. The van der Waals surface area contributed by atoms with E-state index in [2.05, 4.69) is 9.97 Å². The maximum Gasteiger partial charge on any atom is 0.171 e. The van der Waals surface area contributed by atoms with Crippen molar-refractivity contribution >= 4 is 17.4 Å². The molecule has 0 atom stereocenters. The van der Waals surface area contributed by atoms with Crippen LogP contribution >= 0.6 is 11.6 Å². The molecule has 2 heterocycles. The van der Waals surface area contributed by atoms with Crippen LogP contribution in [0.5, 0.6) is 11.5 Å². The summed E-state index contributed by atoms with van der Waals surface area (Å²) in [5.74, 6) is 1.37. The van der Waals surface area contributed by atoms with E-state index in [9.17, 15) is 0 Å². The molecule has 0 saturated heterocycles. The maximum atomic E-state index is 5.81. The van der Waals surface area contributed by atoms with E-state index in [-0.39, 0.29) is 0 Å². The minimum Gasteiger partial charge on any atom is -0.452 e. The van der Waals surface area contributed by atoms with Gasteiger partial charge in [0.1, 0.15) is 5.75 Å². The molecule has 0 radical (unpaired) electrons. The van der Waals surface area contributed by atoms with Gasteiger partial charge in [0.05, 0.1) is 10.7 Å². The lowest BCUT2D eigenvalue weighted by Gasteiger charge is -2.09. The van der Waals surface area contributed by atoms with Crippen LogP contribution in [0.4, 0.5) is 5.82 Å². The molecule has 0 spiro atoms.